The highest BCUT2D eigenvalue weighted by atomic mass is 19.1. The predicted octanol–water partition coefficient (Wildman–Crippen LogP) is 2.36. The number of hydrogen-bond donors (Lipinski definition) is 0. The highest BCUT2D eigenvalue weighted by molar-refractivity contribution is 5.03. The van der Waals surface area contributed by atoms with Gasteiger partial charge in [0, 0.05) is 19.1 Å². The molecule has 74 valence electrons. The van der Waals surface area contributed by atoms with E-state index in [1.54, 1.807) is 0 Å². The van der Waals surface area contributed by atoms with Gasteiger partial charge in [0.15, 0.2) is 0 Å². The fourth-order valence-corrected chi connectivity index (χ4v) is 3.02. The summed E-state index contributed by atoms with van der Waals surface area (Å²) in [5, 5.41) is 0. The molecule has 0 aromatic heterocycles. The molecule has 2 heteroatoms. The van der Waals surface area contributed by atoms with Crippen LogP contribution in [0.15, 0.2) is 0 Å². The molecule has 0 bridgehead atoms. The molecule has 0 aromatic carbocycles. The number of halogens is 1. The third-order valence-electron chi connectivity index (χ3n) is 4.09. The number of likely N-dealkylation sites (tertiary alicyclic amines) is 1. The molecule has 0 N–H and O–H groups in total. The minimum Gasteiger partial charge on any atom is -0.297 e. The van der Waals surface area contributed by atoms with E-state index in [1.807, 2.05) is 0 Å². The molecule has 13 heavy (non-hydrogen) atoms. The van der Waals surface area contributed by atoms with Gasteiger partial charge < -0.3 is 0 Å². The van der Waals surface area contributed by atoms with Crippen molar-refractivity contribution in [3.05, 3.63) is 0 Å². The summed E-state index contributed by atoms with van der Waals surface area (Å²) in [6.45, 7) is 1.94. The molecular weight excluding hydrogens is 165 g/mol. The van der Waals surface area contributed by atoms with Crippen molar-refractivity contribution in [3.63, 3.8) is 0 Å². The molecule has 0 radical (unpaired) electrons. The van der Waals surface area contributed by atoms with E-state index < -0.39 is 5.67 Å². The highest BCUT2D eigenvalue weighted by Gasteiger charge is 2.49. The lowest BCUT2D eigenvalue weighted by Crippen LogP contribution is -2.59. The van der Waals surface area contributed by atoms with Gasteiger partial charge in [0.25, 0.3) is 0 Å². The van der Waals surface area contributed by atoms with Gasteiger partial charge in [0.1, 0.15) is 5.67 Å². The molecule has 2 saturated carbocycles. The quantitative estimate of drug-likeness (QED) is 0.635. The fraction of sp³-hybridized carbons (Fsp3) is 1.00. The third kappa shape index (κ3) is 1.39. The van der Waals surface area contributed by atoms with Crippen molar-refractivity contribution in [1.29, 1.82) is 0 Å². The molecule has 1 saturated heterocycles. The van der Waals surface area contributed by atoms with Crippen molar-refractivity contribution in [2.45, 2.75) is 50.2 Å². The van der Waals surface area contributed by atoms with Crippen LogP contribution in [0.1, 0.15) is 38.5 Å². The van der Waals surface area contributed by atoms with Gasteiger partial charge in [0.2, 0.25) is 0 Å². The summed E-state index contributed by atoms with van der Waals surface area (Å²) < 4.78 is 13.5. The first kappa shape index (κ1) is 8.22. The largest absolute Gasteiger partial charge is 0.297 e. The summed E-state index contributed by atoms with van der Waals surface area (Å²) in [5.41, 5.74) is -0.761. The van der Waals surface area contributed by atoms with Crippen LogP contribution in [0, 0.1) is 5.92 Å². The lowest BCUT2D eigenvalue weighted by Gasteiger charge is -2.51. The topological polar surface area (TPSA) is 3.24 Å². The maximum atomic E-state index is 13.5. The SMILES string of the molecule is FC1(CN2C[C@H]3CCCC[C@H]32)CC1. The lowest BCUT2D eigenvalue weighted by molar-refractivity contribution is -0.0327. The summed E-state index contributed by atoms with van der Waals surface area (Å²) in [7, 11) is 0. The predicted molar refractivity (Wildman–Crippen MR) is 50.4 cm³/mol. The molecular formula is C11H18FN. The Balaban J connectivity index is 1.56. The molecule has 1 heterocycles. The maximum Gasteiger partial charge on any atom is 0.123 e. The Labute approximate surface area is 79.3 Å². The summed E-state index contributed by atoms with van der Waals surface area (Å²) in [4.78, 5) is 2.40. The Kier molecular flexibility index (Phi) is 1.70. The van der Waals surface area contributed by atoms with E-state index in [4.69, 9.17) is 0 Å². The zero-order valence-electron chi connectivity index (χ0n) is 8.14. The van der Waals surface area contributed by atoms with Crippen LogP contribution in [-0.4, -0.2) is 29.7 Å². The lowest BCUT2D eigenvalue weighted by atomic mass is 9.77. The number of alkyl halides is 1. The van der Waals surface area contributed by atoms with Gasteiger partial charge in [-0.15, -0.1) is 0 Å². The zero-order chi connectivity index (χ0) is 8.89. The van der Waals surface area contributed by atoms with Gasteiger partial charge in [-0.05, 0) is 31.6 Å². The standard InChI is InChI=1S/C11H18FN/c12-11(5-6-11)8-13-7-9-3-1-2-4-10(9)13/h9-10H,1-8H2/t9-,10-/m1/s1. The molecule has 3 aliphatic rings. The second-order valence-corrected chi connectivity index (χ2v) is 5.19. The van der Waals surface area contributed by atoms with E-state index in [2.05, 4.69) is 4.90 Å². The third-order valence-corrected chi connectivity index (χ3v) is 4.09. The van der Waals surface area contributed by atoms with E-state index >= 15 is 0 Å². The van der Waals surface area contributed by atoms with Crippen LogP contribution in [0.4, 0.5) is 4.39 Å². The van der Waals surface area contributed by atoms with Crippen LogP contribution in [-0.2, 0) is 0 Å². The van der Waals surface area contributed by atoms with Crippen molar-refractivity contribution in [2.24, 2.45) is 5.92 Å². The van der Waals surface area contributed by atoms with Crippen molar-refractivity contribution >= 4 is 0 Å². The van der Waals surface area contributed by atoms with Gasteiger partial charge in [-0.1, -0.05) is 12.8 Å². The van der Waals surface area contributed by atoms with E-state index in [0.717, 1.165) is 31.3 Å². The van der Waals surface area contributed by atoms with E-state index in [9.17, 15) is 4.39 Å². The highest BCUT2D eigenvalue weighted by Crippen LogP contribution is 2.45. The Morgan fingerprint density at radius 1 is 1.23 bits per heavy atom. The molecule has 1 aliphatic heterocycles. The van der Waals surface area contributed by atoms with Gasteiger partial charge >= 0.3 is 0 Å². The first-order chi connectivity index (χ1) is 6.27. The Hall–Kier alpha value is -0.110. The fourth-order valence-electron chi connectivity index (χ4n) is 3.02. The first-order valence-corrected chi connectivity index (χ1v) is 5.70. The Morgan fingerprint density at radius 3 is 2.69 bits per heavy atom. The maximum absolute atomic E-state index is 13.5. The summed E-state index contributed by atoms with van der Waals surface area (Å²) >= 11 is 0. The van der Waals surface area contributed by atoms with Crippen LogP contribution >= 0.6 is 0 Å². The number of rotatable bonds is 2. The zero-order valence-corrected chi connectivity index (χ0v) is 8.14. The summed E-state index contributed by atoms with van der Waals surface area (Å²) in [5.74, 6) is 0.927. The first-order valence-electron chi connectivity index (χ1n) is 5.70. The molecule has 0 spiro atoms. The normalized spacial score (nSPS) is 42.2. The van der Waals surface area contributed by atoms with Crippen molar-refractivity contribution in [3.8, 4) is 0 Å². The Morgan fingerprint density at radius 2 is 2.00 bits per heavy atom. The van der Waals surface area contributed by atoms with Crippen molar-refractivity contribution in [2.75, 3.05) is 13.1 Å². The molecule has 0 unspecified atom stereocenters. The van der Waals surface area contributed by atoms with Gasteiger partial charge in [-0.2, -0.15) is 0 Å². The minimum atomic E-state index is -0.761. The van der Waals surface area contributed by atoms with E-state index in [0.29, 0.717) is 0 Å². The second kappa shape index (κ2) is 2.69. The van der Waals surface area contributed by atoms with Crippen LogP contribution < -0.4 is 0 Å². The molecule has 0 aromatic rings. The minimum absolute atomic E-state index is 0.744. The second-order valence-electron chi connectivity index (χ2n) is 5.19. The van der Waals surface area contributed by atoms with Crippen LogP contribution in [0.5, 0.6) is 0 Å². The van der Waals surface area contributed by atoms with Crippen LogP contribution in [0.3, 0.4) is 0 Å². The van der Waals surface area contributed by atoms with E-state index in [1.165, 1.54) is 32.2 Å². The molecule has 1 nitrogen and oxygen atoms in total. The Bertz CT molecular complexity index is 212. The number of fused-ring (bicyclic) bond motifs is 1. The average Bonchev–Trinajstić information content (AvgIpc) is 2.81. The smallest absolute Gasteiger partial charge is 0.123 e. The van der Waals surface area contributed by atoms with Crippen LogP contribution in [0.25, 0.3) is 0 Å². The van der Waals surface area contributed by atoms with Gasteiger partial charge in [-0.3, -0.25) is 4.90 Å². The average molecular weight is 183 g/mol. The molecule has 3 rings (SSSR count). The number of hydrogen-bond acceptors (Lipinski definition) is 1. The molecule has 2 aliphatic carbocycles. The summed E-state index contributed by atoms with van der Waals surface area (Å²) in [6, 6.07) is 0.766. The molecule has 2 atom stereocenters. The van der Waals surface area contributed by atoms with Crippen molar-refractivity contribution in [1.82, 2.24) is 4.90 Å². The number of nitrogens with zero attached hydrogens (tertiary/aromatic N) is 1. The van der Waals surface area contributed by atoms with Gasteiger partial charge in [0.05, 0.1) is 0 Å². The van der Waals surface area contributed by atoms with Crippen LogP contribution in [0.2, 0.25) is 0 Å². The van der Waals surface area contributed by atoms with E-state index in [-0.39, 0.29) is 0 Å². The monoisotopic (exact) mass is 183 g/mol. The molecule has 0 amide bonds. The summed E-state index contributed by atoms with van der Waals surface area (Å²) in [6.07, 6.45) is 7.16. The van der Waals surface area contributed by atoms with Gasteiger partial charge in [-0.25, -0.2) is 4.39 Å². The molecule has 3 fully saturated rings. The van der Waals surface area contributed by atoms with Crippen molar-refractivity contribution < 1.29 is 4.39 Å².